The molecule has 0 heterocycles. The van der Waals surface area contributed by atoms with E-state index >= 15 is 0 Å². The average molecular weight is 366 g/mol. The second kappa shape index (κ2) is 8.32. The number of carboxylic acid groups (broad SMARTS) is 2. The second-order valence-electron chi connectivity index (χ2n) is 6.56. The van der Waals surface area contributed by atoms with Crippen LogP contribution in [0.5, 0.6) is 0 Å². The zero-order valence-electron chi connectivity index (χ0n) is 14.8. The summed E-state index contributed by atoms with van der Waals surface area (Å²) in [5.74, 6) is -3.68. The van der Waals surface area contributed by atoms with Crippen molar-refractivity contribution in [2.24, 2.45) is 0 Å². The summed E-state index contributed by atoms with van der Waals surface area (Å²) in [6.07, 6.45) is -2.16. The van der Waals surface area contributed by atoms with Crippen LogP contribution in [0.3, 0.4) is 0 Å². The van der Waals surface area contributed by atoms with E-state index in [9.17, 15) is 24.3 Å². The molecular weight excluding hydrogens is 344 g/mol. The fourth-order valence-electron chi connectivity index (χ4n) is 2.05. The first-order valence-electron chi connectivity index (χ1n) is 7.79. The molecule has 0 aliphatic carbocycles. The summed E-state index contributed by atoms with van der Waals surface area (Å²) in [6, 6.07) is 3.84. The first kappa shape index (κ1) is 20.9. The standard InChI is InChI=1S/C17H22N2O7/c1-17(2,3)26-16(25)19(12(15(23)24)8-9-13(20)21)14(22)10-4-6-11(18)7-5-10/h4-7,12H,8-9,18H2,1-3H3,(H,20,21)(H,23,24). The van der Waals surface area contributed by atoms with Gasteiger partial charge >= 0.3 is 18.0 Å². The van der Waals surface area contributed by atoms with Crippen molar-refractivity contribution in [3.8, 4) is 0 Å². The van der Waals surface area contributed by atoms with Crippen LogP contribution in [0.1, 0.15) is 44.0 Å². The molecule has 1 aromatic carbocycles. The Bertz CT molecular complexity index is 692. The van der Waals surface area contributed by atoms with Gasteiger partial charge in [0.05, 0.1) is 0 Å². The van der Waals surface area contributed by atoms with Crippen LogP contribution in [0.15, 0.2) is 24.3 Å². The Labute approximate surface area is 150 Å². The first-order chi connectivity index (χ1) is 11.9. The lowest BCUT2D eigenvalue weighted by molar-refractivity contribution is -0.143. The number of hydrogen-bond acceptors (Lipinski definition) is 6. The molecule has 4 N–H and O–H groups in total. The molecule has 0 aromatic heterocycles. The molecule has 1 atom stereocenters. The Kier molecular flexibility index (Phi) is 6.71. The third-order valence-corrected chi connectivity index (χ3v) is 3.20. The number of hydrogen-bond donors (Lipinski definition) is 3. The monoisotopic (exact) mass is 366 g/mol. The minimum absolute atomic E-state index is 0.0200. The highest BCUT2D eigenvalue weighted by molar-refractivity contribution is 6.05. The Hall–Kier alpha value is -3.10. The zero-order chi connectivity index (χ0) is 20.1. The smallest absolute Gasteiger partial charge is 0.418 e. The summed E-state index contributed by atoms with van der Waals surface area (Å²) in [5.41, 5.74) is 4.98. The molecule has 0 fully saturated rings. The first-order valence-corrected chi connectivity index (χ1v) is 7.79. The third-order valence-electron chi connectivity index (χ3n) is 3.20. The van der Waals surface area contributed by atoms with E-state index in [-0.39, 0.29) is 5.56 Å². The van der Waals surface area contributed by atoms with Gasteiger partial charge in [-0.1, -0.05) is 0 Å². The van der Waals surface area contributed by atoms with E-state index in [4.69, 9.17) is 15.6 Å². The van der Waals surface area contributed by atoms with Crippen LogP contribution in [0, 0.1) is 0 Å². The van der Waals surface area contributed by atoms with Gasteiger partial charge < -0.3 is 20.7 Å². The Balaban J connectivity index is 3.27. The van der Waals surface area contributed by atoms with E-state index < -0.39 is 48.4 Å². The topological polar surface area (TPSA) is 147 Å². The van der Waals surface area contributed by atoms with Gasteiger partial charge in [0.15, 0.2) is 0 Å². The molecule has 1 unspecified atom stereocenters. The van der Waals surface area contributed by atoms with Crippen molar-refractivity contribution in [1.29, 1.82) is 0 Å². The molecule has 26 heavy (non-hydrogen) atoms. The van der Waals surface area contributed by atoms with E-state index in [0.29, 0.717) is 10.6 Å². The van der Waals surface area contributed by atoms with Crippen molar-refractivity contribution in [1.82, 2.24) is 4.90 Å². The Morgan fingerprint density at radius 2 is 1.65 bits per heavy atom. The third kappa shape index (κ3) is 6.08. The van der Waals surface area contributed by atoms with Crippen LogP contribution in [0.25, 0.3) is 0 Å². The molecule has 0 bridgehead atoms. The lowest BCUT2D eigenvalue weighted by Crippen LogP contribution is -2.50. The highest BCUT2D eigenvalue weighted by atomic mass is 16.6. The van der Waals surface area contributed by atoms with Crippen molar-refractivity contribution in [2.75, 3.05) is 5.73 Å². The van der Waals surface area contributed by atoms with Crippen LogP contribution in [0.2, 0.25) is 0 Å². The van der Waals surface area contributed by atoms with Gasteiger partial charge in [-0.15, -0.1) is 0 Å². The molecule has 0 radical (unpaired) electrons. The lowest BCUT2D eigenvalue weighted by atomic mass is 10.1. The number of nitrogens with two attached hydrogens (primary N) is 1. The van der Waals surface area contributed by atoms with E-state index in [1.165, 1.54) is 24.3 Å². The molecule has 9 heteroatoms. The number of carbonyl (C=O) groups is 4. The zero-order valence-corrected chi connectivity index (χ0v) is 14.8. The van der Waals surface area contributed by atoms with E-state index in [2.05, 4.69) is 0 Å². The van der Waals surface area contributed by atoms with Crippen LogP contribution in [-0.4, -0.2) is 50.7 Å². The van der Waals surface area contributed by atoms with Gasteiger partial charge in [0.2, 0.25) is 0 Å². The van der Waals surface area contributed by atoms with Crippen molar-refractivity contribution in [2.45, 2.75) is 45.3 Å². The number of nitrogen functional groups attached to an aromatic ring is 1. The number of carboxylic acids is 2. The van der Waals surface area contributed by atoms with Crippen LogP contribution >= 0.6 is 0 Å². The van der Waals surface area contributed by atoms with Gasteiger partial charge in [-0.3, -0.25) is 9.59 Å². The van der Waals surface area contributed by atoms with Crippen molar-refractivity contribution >= 4 is 29.6 Å². The molecule has 1 rings (SSSR count). The molecular formula is C17H22N2O7. The predicted octanol–water partition coefficient (Wildman–Crippen LogP) is 1.96. The molecule has 0 saturated carbocycles. The van der Waals surface area contributed by atoms with Gasteiger partial charge in [-0.2, -0.15) is 0 Å². The molecule has 0 aliphatic heterocycles. The summed E-state index contributed by atoms with van der Waals surface area (Å²) in [7, 11) is 0. The Morgan fingerprint density at radius 1 is 1.12 bits per heavy atom. The van der Waals surface area contributed by atoms with E-state index in [1.54, 1.807) is 20.8 Å². The number of anilines is 1. The Morgan fingerprint density at radius 3 is 2.08 bits per heavy atom. The lowest BCUT2D eigenvalue weighted by Gasteiger charge is -2.30. The largest absolute Gasteiger partial charge is 0.481 e. The van der Waals surface area contributed by atoms with Crippen LogP contribution in [0.4, 0.5) is 10.5 Å². The molecule has 0 spiro atoms. The maximum Gasteiger partial charge on any atom is 0.418 e. The second-order valence-corrected chi connectivity index (χ2v) is 6.56. The van der Waals surface area contributed by atoms with Crippen molar-refractivity contribution in [3.63, 3.8) is 0 Å². The number of aliphatic carboxylic acids is 2. The minimum atomic E-state index is -1.69. The predicted molar refractivity (Wildman–Crippen MR) is 91.6 cm³/mol. The summed E-state index contributed by atoms with van der Waals surface area (Å²) >= 11 is 0. The molecule has 142 valence electrons. The van der Waals surface area contributed by atoms with Crippen LogP contribution < -0.4 is 5.73 Å². The fourth-order valence-corrected chi connectivity index (χ4v) is 2.05. The molecule has 2 amide bonds. The maximum atomic E-state index is 12.7. The van der Waals surface area contributed by atoms with E-state index in [1.807, 2.05) is 0 Å². The van der Waals surface area contributed by atoms with Crippen molar-refractivity contribution < 1.29 is 34.1 Å². The normalized spacial score (nSPS) is 12.1. The molecule has 1 aromatic rings. The summed E-state index contributed by atoms with van der Waals surface area (Å²) in [6.45, 7) is 4.68. The number of carbonyl (C=O) groups excluding carboxylic acids is 2. The number of benzene rings is 1. The van der Waals surface area contributed by atoms with Crippen LogP contribution in [-0.2, 0) is 14.3 Å². The number of rotatable bonds is 6. The van der Waals surface area contributed by atoms with Gasteiger partial charge in [-0.25, -0.2) is 14.5 Å². The van der Waals surface area contributed by atoms with Gasteiger partial charge in [0.25, 0.3) is 5.91 Å². The summed E-state index contributed by atoms with van der Waals surface area (Å²) < 4.78 is 5.13. The van der Waals surface area contributed by atoms with Gasteiger partial charge in [0, 0.05) is 17.7 Å². The highest BCUT2D eigenvalue weighted by Gasteiger charge is 2.38. The average Bonchev–Trinajstić information content (AvgIpc) is 2.49. The highest BCUT2D eigenvalue weighted by Crippen LogP contribution is 2.19. The fraction of sp³-hybridized carbons (Fsp3) is 0.412. The molecule has 0 aliphatic rings. The SMILES string of the molecule is CC(C)(C)OC(=O)N(C(=O)c1ccc(N)cc1)C(CCC(=O)O)C(=O)O. The number of nitrogens with zero attached hydrogens (tertiary/aromatic N) is 1. The van der Waals surface area contributed by atoms with Gasteiger partial charge in [0.1, 0.15) is 11.6 Å². The molecule has 0 saturated heterocycles. The van der Waals surface area contributed by atoms with Gasteiger partial charge in [-0.05, 0) is 51.5 Å². The number of amides is 2. The summed E-state index contributed by atoms with van der Waals surface area (Å²) in [5, 5.41) is 18.2. The molecule has 9 nitrogen and oxygen atoms in total. The maximum absolute atomic E-state index is 12.7. The quantitative estimate of drug-likeness (QED) is 0.647. The van der Waals surface area contributed by atoms with E-state index in [0.717, 1.165) is 0 Å². The van der Waals surface area contributed by atoms with Crippen molar-refractivity contribution in [3.05, 3.63) is 29.8 Å². The summed E-state index contributed by atoms with van der Waals surface area (Å²) in [4.78, 5) is 48.1. The number of imide groups is 1. The minimum Gasteiger partial charge on any atom is -0.481 e. The number of ether oxygens (including phenoxy) is 1.